The van der Waals surface area contributed by atoms with Gasteiger partial charge in [0.05, 0.1) is 6.04 Å². The van der Waals surface area contributed by atoms with E-state index >= 15 is 0 Å². The number of nitrogens with one attached hydrogen (secondary N) is 1. The first-order valence-electron chi connectivity index (χ1n) is 7.67. The highest BCUT2D eigenvalue weighted by Gasteiger charge is 2.17. The molecule has 2 unspecified atom stereocenters. The third-order valence-electron chi connectivity index (χ3n) is 3.68. The van der Waals surface area contributed by atoms with Gasteiger partial charge < -0.3 is 10.1 Å². The van der Waals surface area contributed by atoms with Gasteiger partial charge in [-0.05, 0) is 56.9 Å². The Kier molecular flexibility index (Phi) is 6.11. The predicted molar refractivity (Wildman–Crippen MR) is 96.0 cm³/mol. The highest BCUT2D eigenvalue weighted by Crippen LogP contribution is 2.19. The van der Waals surface area contributed by atoms with E-state index in [4.69, 9.17) is 4.74 Å². The van der Waals surface area contributed by atoms with Gasteiger partial charge in [-0.1, -0.05) is 29.8 Å². The van der Waals surface area contributed by atoms with Crippen LogP contribution in [-0.2, 0) is 4.79 Å². The molecule has 0 spiro atoms. The fraction of sp³-hybridized carbons (Fsp3) is 0.316. The smallest absolute Gasteiger partial charge is 0.261 e. The lowest BCUT2D eigenvalue weighted by molar-refractivity contribution is -0.127. The second-order valence-corrected chi connectivity index (χ2v) is 6.46. The molecular weight excluding hydrogens is 306 g/mol. The van der Waals surface area contributed by atoms with Crippen LogP contribution in [0.2, 0.25) is 0 Å². The SMILES string of the molecule is CSc1ccc(C(C)NC(=O)C(C)Oc2ccc(C)cc2)cc1. The summed E-state index contributed by atoms with van der Waals surface area (Å²) >= 11 is 1.70. The zero-order chi connectivity index (χ0) is 16.8. The van der Waals surface area contributed by atoms with Crippen molar-refractivity contribution in [1.29, 1.82) is 0 Å². The minimum absolute atomic E-state index is 0.0533. The number of benzene rings is 2. The highest BCUT2D eigenvalue weighted by molar-refractivity contribution is 7.98. The topological polar surface area (TPSA) is 38.3 Å². The monoisotopic (exact) mass is 329 g/mol. The molecule has 0 saturated heterocycles. The fourth-order valence-electron chi connectivity index (χ4n) is 2.18. The normalized spacial score (nSPS) is 13.2. The molecule has 0 aromatic heterocycles. The van der Waals surface area contributed by atoms with Crippen LogP contribution in [-0.4, -0.2) is 18.3 Å². The molecule has 2 aromatic rings. The first kappa shape index (κ1) is 17.4. The van der Waals surface area contributed by atoms with Crippen molar-refractivity contribution >= 4 is 17.7 Å². The third kappa shape index (κ3) is 5.03. The molecule has 2 aromatic carbocycles. The summed E-state index contributed by atoms with van der Waals surface area (Å²) in [5.41, 5.74) is 2.25. The zero-order valence-electron chi connectivity index (χ0n) is 14.0. The molecule has 0 saturated carbocycles. The van der Waals surface area contributed by atoms with Gasteiger partial charge in [-0.15, -0.1) is 11.8 Å². The molecule has 1 amide bonds. The number of carbonyl (C=O) groups excluding carboxylic acids is 1. The maximum Gasteiger partial charge on any atom is 0.261 e. The molecule has 4 heteroatoms. The van der Waals surface area contributed by atoms with E-state index in [0.29, 0.717) is 5.75 Å². The first-order valence-corrected chi connectivity index (χ1v) is 8.89. The Morgan fingerprint density at radius 2 is 1.65 bits per heavy atom. The van der Waals surface area contributed by atoms with Crippen molar-refractivity contribution in [2.24, 2.45) is 0 Å². The second-order valence-electron chi connectivity index (χ2n) is 5.58. The van der Waals surface area contributed by atoms with Crippen LogP contribution in [0.25, 0.3) is 0 Å². The van der Waals surface area contributed by atoms with Gasteiger partial charge in [-0.2, -0.15) is 0 Å². The van der Waals surface area contributed by atoms with Gasteiger partial charge in [-0.3, -0.25) is 4.79 Å². The molecule has 0 radical (unpaired) electrons. The fourth-order valence-corrected chi connectivity index (χ4v) is 2.59. The summed E-state index contributed by atoms with van der Waals surface area (Å²) in [6.07, 6.45) is 1.51. The van der Waals surface area contributed by atoms with Crippen LogP contribution in [0.3, 0.4) is 0 Å². The Morgan fingerprint density at radius 1 is 1.04 bits per heavy atom. The quantitative estimate of drug-likeness (QED) is 0.800. The summed E-state index contributed by atoms with van der Waals surface area (Å²) in [7, 11) is 0. The number of carbonyl (C=O) groups is 1. The van der Waals surface area contributed by atoms with Crippen LogP contribution < -0.4 is 10.1 Å². The molecule has 2 rings (SSSR count). The number of hydrogen-bond acceptors (Lipinski definition) is 3. The number of ether oxygens (including phenoxy) is 1. The van der Waals surface area contributed by atoms with Crippen LogP contribution in [0.15, 0.2) is 53.4 Å². The van der Waals surface area contributed by atoms with E-state index < -0.39 is 6.10 Å². The van der Waals surface area contributed by atoms with E-state index in [1.807, 2.05) is 56.5 Å². The molecule has 122 valence electrons. The highest BCUT2D eigenvalue weighted by atomic mass is 32.2. The van der Waals surface area contributed by atoms with E-state index in [1.165, 1.54) is 4.90 Å². The van der Waals surface area contributed by atoms with Crippen molar-refractivity contribution in [3.63, 3.8) is 0 Å². The number of rotatable bonds is 6. The van der Waals surface area contributed by atoms with Crippen molar-refractivity contribution in [3.05, 3.63) is 59.7 Å². The molecule has 0 heterocycles. The van der Waals surface area contributed by atoms with Gasteiger partial charge in [-0.25, -0.2) is 0 Å². The average molecular weight is 329 g/mol. The summed E-state index contributed by atoms with van der Waals surface area (Å²) in [5, 5.41) is 2.99. The average Bonchev–Trinajstić information content (AvgIpc) is 2.56. The number of aryl methyl sites for hydroxylation is 1. The van der Waals surface area contributed by atoms with Gasteiger partial charge >= 0.3 is 0 Å². The Labute approximate surface area is 142 Å². The molecule has 1 N–H and O–H groups in total. The molecular formula is C19H23NO2S. The van der Waals surface area contributed by atoms with Crippen molar-refractivity contribution in [3.8, 4) is 5.75 Å². The zero-order valence-corrected chi connectivity index (χ0v) is 14.8. The van der Waals surface area contributed by atoms with E-state index in [9.17, 15) is 4.79 Å². The van der Waals surface area contributed by atoms with Gasteiger partial charge in [0.25, 0.3) is 5.91 Å². The van der Waals surface area contributed by atoms with Gasteiger partial charge in [0.15, 0.2) is 6.10 Å². The van der Waals surface area contributed by atoms with Gasteiger partial charge in [0.1, 0.15) is 5.75 Å². The van der Waals surface area contributed by atoms with E-state index in [-0.39, 0.29) is 11.9 Å². The van der Waals surface area contributed by atoms with Crippen LogP contribution >= 0.6 is 11.8 Å². The molecule has 0 aliphatic carbocycles. The maximum absolute atomic E-state index is 12.3. The van der Waals surface area contributed by atoms with E-state index in [0.717, 1.165) is 11.1 Å². The lowest BCUT2D eigenvalue weighted by Gasteiger charge is -2.19. The Hall–Kier alpha value is -1.94. The summed E-state index contributed by atoms with van der Waals surface area (Å²) < 4.78 is 5.69. The molecule has 0 aliphatic heterocycles. The number of amides is 1. The predicted octanol–water partition coefficient (Wildman–Crippen LogP) is 4.36. The van der Waals surface area contributed by atoms with Crippen LogP contribution in [0.5, 0.6) is 5.75 Å². The summed E-state index contributed by atoms with van der Waals surface area (Å²) in [5.74, 6) is 0.585. The van der Waals surface area contributed by atoms with Crippen molar-refractivity contribution in [2.45, 2.75) is 37.8 Å². The largest absolute Gasteiger partial charge is 0.481 e. The lowest BCUT2D eigenvalue weighted by atomic mass is 10.1. The summed E-state index contributed by atoms with van der Waals surface area (Å²) in [6, 6.07) is 15.9. The summed E-state index contributed by atoms with van der Waals surface area (Å²) in [4.78, 5) is 13.5. The first-order chi connectivity index (χ1) is 11.0. The molecule has 2 atom stereocenters. The number of thioether (sulfide) groups is 1. The van der Waals surface area contributed by atoms with E-state index in [1.54, 1.807) is 18.7 Å². The molecule has 23 heavy (non-hydrogen) atoms. The maximum atomic E-state index is 12.3. The van der Waals surface area contributed by atoms with Crippen molar-refractivity contribution < 1.29 is 9.53 Å². The van der Waals surface area contributed by atoms with Crippen LogP contribution in [0.4, 0.5) is 0 Å². The van der Waals surface area contributed by atoms with Crippen molar-refractivity contribution in [2.75, 3.05) is 6.26 Å². The standard InChI is InChI=1S/C19H23NO2S/c1-13-5-9-17(10-6-13)22-15(3)19(21)20-14(2)16-7-11-18(23-4)12-8-16/h5-12,14-15H,1-4H3,(H,20,21). The molecule has 0 bridgehead atoms. The van der Waals surface area contributed by atoms with E-state index in [2.05, 4.69) is 17.4 Å². The second kappa shape index (κ2) is 8.06. The van der Waals surface area contributed by atoms with Crippen molar-refractivity contribution in [1.82, 2.24) is 5.32 Å². The minimum Gasteiger partial charge on any atom is -0.481 e. The third-order valence-corrected chi connectivity index (χ3v) is 4.42. The summed E-state index contributed by atoms with van der Waals surface area (Å²) in [6.45, 7) is 5.76. The Bertz CT molecular complexity index is 637. The Morgan fingerprint density at radius 3 is 2.22 bits per heavy atom. The molecule has 0 aliphatic rings. The Balaban J connectivity index is 1.92. The molecule has 0 fully saturated rings. The number of hydrogen-bond donors (Lipinski definition) is 1. The van der Waals surface area contributed by atoms with Crippen LogP contribution in [0, 0.1) is 6.92 Å². The molecule has 3 nitrogen and oxygen atoms in total. The van der Waals surface area contributed by atoms with Gasteiger partial charge in [0, 0.05) is 4.90 Å². The minimum atomic E-state index is -0.536. The lowest BCUT2D eigenvalue weighted by Crippen LogP contribution is -2.37. The van der Waals surface area contributed by atoms with Crippen LogP contribution in [0.1, 0.15) is 31.0 Å². The van der Waals surface area contributed by atoms with Gasteiger partial charge in [0.2, 0.25) is 0 Å².